The Morgan fingerprint density at radius 1 is 0.440 bits per heavy atom. The van der Waals surface area contributed by atoms with Gasteiger partial charge in [-0.05, 0) is 47.2 Å². The molecule has 0 aromatic heterocycles. The predicted octanol–water partition coefficient (Wildman–Crippen LogP) is 10.1. The molecule has 0 aliphatic rings. The van der Waals surface area contributed by atoms with Crippen molar-refractivity contribution < 1.29 is 79.2 Å². The number of phenolic OH excluding ortho intramolecular Hbond substituents is 4. The van der Waals surface area contributed by atoms with Gasteiger partial charge in [0, 0.05) is 34.3 Å². The normalized spacial score (nSPS) is 11.0. The van der Waals surface area contributed by atoms with E-state index in [-0.39, 0.29) is 22.5 Å². The van der Waals surface area contributed by atoms with Gasteiger partial charge >= 0.3 is 40.9 Å². The van der Waals surface area contributed by atoms with Gasteiger partial charge < -0.3 is 31.1 Å². The van der Waals surface area contributed by atoms with Gasteiger partial charge in [0.25, 0.3) is 23.2 Å². The Morgan fingerprint density at radius 2 is 0.760 bits per heavy atom. The molecule has 8 aromatic rings. The number of carbonyl (C=O) groups is 2. The molecule has 0 saturated heterocycles. The van der Waals surface area contributed by atoms with Gasteiger partial charge in [0.2, 0.25) is 11.5 Å². The van der Waals surface area contributed by atoms with Gasteiger partial charge in [0.15, 0.2) is 11.5 Å². The molecule has 0 spiro atoms. The van der Waals surface area contributed by atoms with Crippen molar-refractivity contribution in [3.8, 4) is 23.0 Å². The summed E-state index contributed by atoms with van der Waals surface area (Å²) in [6.07, 6.45) is 0. The molecule has 75 heavy (non-hydrogen) atoms. The third-order valence-electron chi connectivity index (χ3n) is 9.98. The number of hydrogen-bond donors (Lipinski definition) is 8. The number of rotatable bonds is 12. The molecule has 0 fully saturated rings. The van der Waals surface area contributed by atoms with E-state index in [0.717, 1.165) is 12.1 Å². The number of fused-ring (bicyclic) bond motifs is 2. The Balaban J connectivity index is 0.000000224. The monoisotopic (exact) mass is 1060 g/mol. The van der Waals surface area contributed by atoms with Gasteiger partial charge in [-0.2, -0.15) is 0 Å². The van der Waals surface area contributed by atoms with Crippen LogP contribution in [0.1, 0.15) is 20.7 Å². The van der Waals surface area contributed by atoms with Gasteiger partial charge in [-0.25, -0.2) is 0 Å². The Morgan fingerprint density at radius 3 is 1.08 bits per heavy atom. The quantitative estimate of drug-likeness (QED) is 0.0320. The number of non-ortho nitro benzene ring substituents is 2. The molecule has 0 atom stereocenters. The number of para-hydroxylation sites is 2. The zero-order valence-electron chi connectivity index (χ0n) is 37.4. The Bertz CT molecular complexity index is 3530. The molecule has 8 aromatic carbocycles. The number of nitro benzene ring substituents is 4. The van der Waals surface area contributed by atoms with Crippen LogP contribution in [0.15, 0.2) is 166 Å². The van der Waals surface area contributed by atoms with Crippen molar-refractivity contribution >= 4 is 90.2 Å². The van der Waals surface area contributed by atoms with Crippen molar-refractivity contribution in [1.82, 2.24) is 0 Å². The molecule has 0 bridgehead atoms. The third-order valence-corrected chi connectivity index (χ3v) is 9.98. The van der Waals surface area contributed by atoms with E-state index < -0.39 is 102 Å². The second-order valence-electron chi connectivity index (χ2n) is 14.9. The maximum atomic E-state index is 12.9. The number of azo groups is 2. The average molecular weight is 1060 g/mol. The first-order chi connectivity index (χ1) is 35.5. The molecule has 8 rings (SSSR count). The van der Waals surface area contributed by atoms with Crippen LogP contribution in [0.4, 0.5) is 56.9 Å². The minimum atomic E-state index is -5.25. The first-order valence-electron chi connectivity index (χ1n) is 20.6. The van der Waals surface area contributed by atoms with Crippen LogP contribution in [0, 0.1) is 40.5 Å². The van der Waals surface area contributed by atoms with Crippen LogP contribution in [0.2, 0.25) is 0 Å². The third kappa shape index (κ3) is 13.4. The number of anilines is 2. The van der Waals surface area contributed by atoms with Crippen LogP contribution in [-0.2, 0) is 21.2 Å². The number of amides is 2. The topological polar surface area (TPSA) is 436 Å². The molecule has 0 aliphatic carbocycles. The summed E-state index contributed by atoms with van der Waals surface area (Å²) in [5.74, 6) is -4.23. The van der Waals surface area contributed by atoms with Gasteiger partial charge in [-0.3, -0.25) is 50.0 Å². The molecule has 380 valence electrons. The van der Waals surface area contributed by atoms with E-state index in [2.05, 4.69) is 31.1 Å². The minimum absolute atomic E-state index is 0.129. The van der Waals surface area contributed by atoms with E-state index >= 15 is 0 Å². The summed E-state index contributed by atoms with van der Waals surface area (Å²) in [6, 6.07) is 36.0. The van der Waals surface area contributed by atoms with Crippen molar-refractivity contribution in [1.29, 1.82) is 0 Å². The summed E-state index contributed by atoms with van der Waals surface area (Å²) >= 11 is -5.25. The number of nitrogens with one attached hydrogen (secondary N) is 2. The molecule has 0 aliphatic heterocycles. The Labute approximate surface area is 419 Å². The van der Waals surface area contributed by atoms with Crippen LogP contribution >= 0.6 is 0 Å². The molecule has 0 unspecified atom stereocenters. The van der Waals surface area contributed by atoms with Gasteiger partial charge in [-0.15, -0.1) is 20.5 Å². The molecule has 29 heteroatoms. The summed E-state index contributed by atoms with van der Waals surface area (Å²) in [7, 11) is 0. The molecular weight excluding hydrogens is 1030 g/mol. The van der Waals surface area contributed by atoms with E-state index in [1.165, 1.54) is 12.1 Å². The average Bonchev–Trinajstić information content (AvgIpc) is 3.36. The second kappa shape index (κ2) is 23.0. The number of carbonyl (C=O) groups excluding carboxylic acids is 2. The number of aromatic hydroxyl groups is 4. The fraction of sp³-hybridized carbons (Fsp3) is 0. The summed E-state index contributed by atoms with van der Waals surface area (Å²) in [5, 5.41) is 109. The van der Waals surface area contributed by atoms with E-state index in [9.17, 15) is 70.5 Å². The molecule has 2 amide bonds. The van der Waals surface area contributed by atoms with Crippen molar-refractivity contribution in [2.45, 2.75) is 0 Å². The SMILES string of the molecule is O=C(Nc1ccccc1)c1cc2ccccc2c(N=Nc2cc([N+](=O)[O-])cc([N+](=O)[O-])c2O)c1O.O=C(Nc1ccccc1)c1cc2ccccc2c(N=Nc2cc([N+](=O)[O-])cc([N+](=O)[O-])c2O)c1O.[O]=[Cr](=[O])([OH])[OH]. The molecule has 8 N–H and O–H groups in total. The van der Waals surface area contributed by atoms with Crippen molar-refractivity contribution in [2.24, 2.45) is 20.5 Å². The van der Waals surface area contributed by atoms with Crippen molar-refractivity contribution in [3.05, 3.63) is 197 Å². The van der Waals surface area contributed by atoms with Gasteiger partial charge in [0.05, 0.1) is 43.0 Å². The second-order valence-corrected chi connectivity index (χ2v) is 16.3. The van der Waals surface area contributed by atoms with E-state index in [1.807, 2.05) is 0 Å². The van der Waals surface area contributed by atoms with Crippen LogP contribution in [0.5, 0.6) is 23.0 Å². The van der Waals surface area contributed by atoms with E-state index in [4.69, 9.17) is 15.9 Å². The number of phenols is 4. The summed E-state index contributed by atoms with van der Waals surface area (Å²) in [4.78, 5) is 66.7. The summed E-state index contributed by atoms with van der Waals surface area (Å²) in [6.45, 7) is 0. The number of nitrogens with zero attached hydrogens (tertiary/aromatic N) is 8. The first kappa shape index (κ1) is 53.6. The van der Waals surface area contributed by atoms with E-state index in [0.29, 0.717) is 45.1 Å². The number of benzene rings is 8. The Hall–Kier alpha value is -10.7. The number of hydrogen-bond acceptors (Lipinski definition) is 20. The molecule has 28 nitrogen and oxygen atoms in total. The Kier molecular flexibility index (Phi) is 16.4. The van der Waals surface area contributed by atoms with Crippen molar-refractivity contribution in [2.75, 3.05) is 10.6 Å². The summed E-state index contributed by atoms with van der Waals surface area (Å²) in [5.41, 5.74) is -3.99. The van der Waals surface area contributed by atoms with Gasteiger partial charge in [0.1, 0.15) is 22.7 Å². The van der Waals surface area contributed by atoms with Gasteiger partial charge in [-0.1, -0.05) is 84.9 Å². The molecule has 0 saturated carbocycles. The first-order valence-corrected chi connectivity index (χ1v) is 22.8. The van der Waals surface area contributed by atoms with Crippen LogP contribution in [-0.4, -0.2) is 60.3 Å². The van der Waals surface area contributed by atoms with Crippen LogP contribution in [0.25, 0.3) is 21.5 Å². The molecule has 0 heterocycles. The molecule has 0 radical (unpaired) electrons. The fourth-order valence-corrected chi connectivity index (χ4v) is 6.65. The van der Waals surface area contributed by atoms with E-state index in [1.54, 1.807) is 109 Å². The maximum absolute atomic E-state index is 12.9. The van der Waals surface area contributed by atoms with Crippen molar-refractivity contribution in [3.63, 3.8) is 0 Å². The fourth-order valence-electron chi connectivity index (χ4n) is 6.65. The number of nitro groups is 4. The van der Waals surface area contributed by atoms with Crippen LogP contribution < -0.4 is 10.6 Å². The predicted molar refractivity (Wildman–Crippen MR) is 257 cm³/mol. The summed E-state index contributed by atoms with van der Waals surface area (Å²) < 4.78 is 31.9. The standard InChI is InChI=1S/2C23H15N5O7.Cr.2H2O.2O/c2*29-21-17(23(31)24-14-7-2-1-3-8-14)10-13-6-4-5-9-16(13)20(21)26-25-18-11-15(27(32)33)12-19(22(18)30)28(34)35;;;;;/h2*1-12,29-30H,(H,24,31);;2*1H2;;/q;;+2;;;;/p-2. The zero-order chi connectivity index (χ0) is 54.7. The van der Waals surface area contributed by atoms with Crippen LogP contribution in [0.3, 0.4) is 0 Å². The zero-order valence-corrected chi connectivity index (χ0v) is 38.7. The molecular formula is C46H32CrN10O18.